The van der Waals surface area contributed by atoms with E-state index in [1.54, 1.807) is 23.7 Å². The topological polar surface area (TPSA) is 89.2 Å². The summed E-state index contributed by atoms with van der Waals surface area (Å²) < 4.78 is 3.13. The lowest BCUT2D eigenvalue weighted by molar-refractivity contribution is -0.136. The molecular formula is C18H25N5O3. The first-order chi connectivity index (χ1) is 12.3. The minimum atomic E-state index is -0.251. The van der Waals surface area contributed by atoms with Crippen LogP contribution in [-0.2, 0) is 23.7 Å². The van der Waals surface area contributed by atoms with Gasteiger partial charge in [-0.05, 0) is 32.8 Å². The molecule has 3 rings (SSSR count). The zero-order valence-electron chi connectivity index (χ0n) is 15.7. The standard InChI is InChI=1S/C18H25N5O3/c1-11-9-13-16(18(26)21(11)3)17(20-22(13)4)19-14(24)10-12(2)23-8-6-5-7-15(23)25/h9,12H,5-8,10H2,1-4H3,(H,19,20,24). The minimum absolute atomic E-state index is 0.101. The zero-order valence-corrected chi connectivity index (χ0v) is 15.7. The molecule has 140 valence electrons. The number of carbonyl (C=O) groups excluding carboxylic acids is 2. The van der Waals surface area contributed by atoms with Crippen LogP contribution in [0, 0.1) is 6.92 Å². The number of aromatic nitrogens is 3. The van der Waals surface area contributed by atoms with E-state index >= 15 is 0 Å². The Kier molecular flexibility index (Phi) is 4.84. The number of anilines is 1. The minimum Gasteiger partial charge on any atom is -0.339 e. The van der Waals surface area contributed by atoms with Gasteiger partial charge in [0.25, 0.3) is 5.56 Å². The fourth-order valence-electron chi connectivity index (χ4n) is 3.48. The van der Waals surface area contributed by atoms with Gasteiger partial charge in [0.2, 0.25) is 11.8 Å². The number of hydrogen-bond donors (Lipinski definition) is 1. The van der Waals surface area contributed by atoms with E-state index in [0.29, 0.717) is 23.9 Å². The lowest BCUT2D eigenvalue weighted by Gasteiger charge is -2.32. The van der Waals surface area contributed by atoms with Gasteiger partial charge >= 0.3 is 0 Å². The second kappa shape index (κ2) is 6.93. The molecule has 1 N–H and O–H groups in total. The Labute approximate surface area is 151 Å². The maximum absolute atomic E-state index is 12.6. The average molecular weight is 359 g/mol. The van der Waals surface area contributed by atoms with Gasteiger partial charge in [0.1, 0.15) is 5.39 Å². The number of carbonyl (C=O) groups is 2. The van der Waals surface area contributed by atoms with Crippen molar-refractivity contribution in [2.45, 2.75) is 45.6 Å². The number of likely N-dealkylation sites (tertiary alicyclic amines) is 1. The number of fused-ring (bicyclic) bond motifs is 1. The molecule has 2 aromatic rings. The number of pyridine rings is 1. The number of aryl methyl sites for hydroxylation is 2. The fourth-order valence-corrected chi connectivity index (χ4v) is 3.48. The largest absolute Gasteiger partial charge is 0.339 e. The van der Waals surface area contributed by atoms with Gasteiger partial charge in [0.05, 0.1) is 5.52 Å². The summed E-state index contributed by atoms with van der Waals surface area (Å²) in [5.74, 6) is 0.118. The van der Waals surface area contributed by atoms with E-state index in [4.69, 9.17) is 0 Å². The normalized spacial score (nSPS) is 16.2. The third-order valence-electron chi connectivity index (χ3n) is 5.12. The van der Waals surface area contributed by atoms with E-state index in [-0.39, 0.29) is 35.7 Å². The Hall–Kier alpha value is -2.64. The SMILES string of the molecule is Cc1cc2c(c(NC(=O)CC(C)N3CCCCC3=O)nn2C)c(=O)n1C. The van der Waals surface area contributed by atoms with Crippen LogP contribution >= 0.6 is 0 Å². The van der Waals surface area contributed by atoms with Crippen LogP contribution in [-0.4, -0.2) is 43.6 Å². The van der Waals surface area contributed by atoms with E-state index in [1.165, 1.54) is 4.57 Å². The number of nitrogens with one attached hydrogen (secondary N) is 1. The first kappa shape index (κ1) is 18.2. The van der Waals surface area contributed by atoms with Gasteiger partial charge in [-0.1, -0.05) is 0 Å². The Morgan fingerprint density at radius 1 is 1.31 bits per heavy atom. The Balaban J connectivity index is 1.80. The molecule has 0 aliphatic carbocycles. The number of amides is 2. The predicted molar refractivity (Wildman–Crippen MR) is 99.0 cm³/mol. The van der Waals surface area contributed by atoms with Gasteiger partial charge in [0, 0.05) is 45.2 Å². The highest BCUT2D eigenvalue weighted by Gasteiger charge is 2.25. The van der Waals surface area contributed by atoms with Crippen LogP contribution in [0.5, 0.6) is 0 Å². The van der Waals surface area contributed by atoms with Crippen molar-refractivity contribution >= 4 is 28.5 Å². The van der Waals surface area contributed by atoms with Crippen LogP contribution in [0.25, 0.3) is 10.9 Å². The third kappa shape index (κ3) is 3.23. The lowest BCUT2D eigenvalue weighted by Crippen LogP contribution is -2.43. The molecule has 2 amide bonds. The monoisotopic (exact) mass is 359 g/mol. The lowest BCUT2D eigenvalue weighted by atomic mass is 10.1. The van der Waals surface area contributed by atoms with Crippen molar-refractivity contribution in [1.29, 1.82) is 0 Å². The van der Waals surface area contributed by atoms with Crippen molar-refractivity contribution < 1.29 is 9.59 Å². The molecule has 0 aromatic carbocycles. The molecule has 1 fully saturated rings. The molecule has 1 aliphatic heterocycles. The van der Waals surface area contributed by atoms with Gasteiger partial charge in [-0.25, -0.2) is 0 Å². The van der Waals surface area contributed by atoms with E-state index in [1.807, 2.05) is 19.9 Å². The molecule has 0 spiro atoms. The van der Waals surface area contributed by atoms with E-state index in [2.05, 4.69) is 10.4 Å². The number of rotatable bonds is 4. The van der Waals surface area contributed by atoms with Crippen molar-refractivity contribution in [3.8, 4) is 0 Å². The maximum atomic E-state index is 12.6. The molecule has 2 aromatic heterocycles. The molecule has 3 heterocycles. The number of piperidine rings is 1. The summed E-state index contributed by atoms with van der Waals surface area (Å²) in [5.41, 5.74) is 1.31. The second-order valence-corrected chi connectivity index (χ2v) is 7.03. The second-order valence-electron chi connectivity index (χ2n) is 7.03. The summed E-state index contributed by atoms with van der Waals surface area (Å²) in [7, 11) is 3.44. The van der Waals surface area contributed by atoms with E-state index in [0.717, 1.165) is 18.5 Å². The maximum Gasteiger partial charge on any atom is 0.263 e. The van der Waals surface area contributed by atoms with E-state index in [9.17, 15) is 14.4 Å². The summed E-state index contributed by atoms with van der Waals surface area (Å²) in [5, 5.41) is 7.45. The Morgan fingerprint density at radius 2 is 2.04 bits per heavy atom. The van der Waals surface area contributed by atoms with Crippen molar-refractivity contribution in [2.24, 2.45) is 14.1 Å². The molecule has 26 heavy (non-hydrogen) atoms. The summed E-state index contributed by atoms with van der Waals surface area (Å²) in [6, 6.07) is 1.69. The van der Waals surface area contributed by atoms with Gasteiger partial charge < -0.3 is 14.8 Å². The molecular weight excluding hydrogens is 334 g/mol. The third-order valence-corrected chi connectivity index (χ3v) is 5.12. The highest BCUT2D eigenvalue weighted by molar-refractivity contribution is 5.99. The molecule has 1 atom stereocenters. The van der Waals surface area contributed by atoms with E-state index < -0.39 is 0 Å². The number of hydrogen-bond acceptors (Lipinski definition) is 4. The van der Waals surface area contributed by atoms with Crippen molar-refractivity contribution in [2.75, 3.05) is 11.9 Å². The highest BCUT2D eigenvalue weighted by Crippen LogP contribution is 2.21. The van der Waals surface area contributed by atoms with Gasteiger partial charge in [-0.15, -0.1) is 0 Å². The summed E-state index contributed by atoms with van der Waals surface area (Å²) in [6.45, 7) is 4.42. The molecule has 1 saturated heterocycles. The molecule has 0 bridgehead atoms. The molecule has 8 heteroatoms. The summed E-state index contributed by atoms with van der Waals surface area (Å²) >= 11 is 0. The number of nitrogens with zero attached hydrogens (tertiary/aromatic N) is 4. The van der Waals surface area contributed by atoms with Crippen LogP contribution in [0.1, 0.15) is 38.3 Å². The zero-order chi connectivity index (χ0) is 19.0. The van der Waals surface area contributed by atoms with Crippen LogP contribution in [0.4, 0.5) is 5.82 Å². The first-order valence-electron chi connectivity index (χ1n) is 8.92. The molecule has 1 aliphatic rings. The highest BCUT2D eigenvalue weighted by atomic mass is 16.2. The molecule has 8 nitrogen and oxygen atoms in total. The fraction of sp³-hybridized carbons (Fsp3) is 0.556. The summed E-state index contributed by atoms with van der Waals surface area (Å²) in [6.07, 6.45) is 2.61. The molecule has 1 unspecified atom stereocenters. The average Bonchev–Trinajstić information content (AvgIpc) is 2.88. The van der Waals surface area contributed by atoms with Crippen molar-refractivity contribution in [3.05, 3.63) is 22.1 Å². The van der Waals surface area contributed by atoms with Gasteiger partial charge in [-0.2, -0.15) is 5.10 Å². The van der Waals surface area contributed by atoms with Crippen LogP contribution in [0.2, 0.25) is 0 Å². The Bertz CT molecular complexity index is 927. The predicted octanol–water partition coefficient (Wildman–Crippen LogP) is 1.31. The molecule has 0 saturated carbocycles. The van der Waals surface area contributed by atoms with Crippen molar-refractivity contribution in [1.82, 2.24) is 19.2 Å². The quantitative estimate of drug-likeness (QED) is 0.891. The van der Waals surface area contributed by atoms with Gasteiger partial charge in [-0.3, -0.25) is 19.1 Å². The first-order valence-corrected chi connectivity index (χ1v) is 8.92. The van der Waals surface area contributed by atoms with Crippen LogP contribution in [0.15, 0.2) is 10.9 Å². The summed E-state index contributed by atoms with van der Waals surface area (Å²) in [4.78, 5) is 38.8. The molecule has 0 radical (unpaired) electrons. The van der Waals surface area contributed by atoms with Crippen LogP contribution in [0.3, 0.4) is 0 Å². The smallest absolute Gasteiger partial charge is 0.263 e. The van der Waals surface area contributed by atoms with Crippen molar-refractivity contribution in [3.63, 3.8) is 0 Å². The van der Waals surface area contributed by atoms with Gasteiger partial charge in [0.15, 0.2) is 5.82 Å². The Morgan fingerprint density at radius 3 is 2.73 bits per heavy atom. The van der Waals surface area contributed by atoms with Crippen LogP contribution < -0.4 is 10.9 Å².